The molecular weight excluding hydrogens is 734 g/mol. The van der Waals surface area contributed by atoms with Crippen LogP contribution < -0.4 is 26.0 Å². The summed E-state index contributed by atoms with van der Waals surface area (Å²) in [7, 11) is 1.23. The molecule has 312 valence electrons. The number of unbranched alkanes of at least 4 members (excludes halogenated alkanes) is 1. The van der Waals surface area contributed by atoms with Crippen LogP contribution in [0.25, 0.3) is 0 Å². The number of rotatable bonds is 19. The molecule has 57 heavy (non-hydrogen) atoms. The Morgan fingerprint density at radius 3 is 1.86 bits per heavy atom. The van der Waals surface area contributed by atoms with Crippen LogP contribution in [-0.4, -0.2) is 85.3 Å². The summed E-state index contributed by atoms with van der Waals surface area (Å²) in [6.45, 7) is 15.5. The van der Waals surface area contributed by atoms with Crippen molar-refractivity contribution in [2.45, 2.75) is 110 Å². The van der Waals surface area contributed by atoms with Crippen molar-refractivity contribution in [3.63, 3.8) is 0 Å². The third-order valence-corrected chi connectivity index (χ3v) is 7.87. The van der Waals surface area contributed by atoms with Crippen LogP contribution in [0.4, 0.5) is 9.59 Å². The fraction of sp³-hybridized carbons (Fsp3) is 0.500. The van der Waals surface area contributed by atoms with Crippen molar-refractivity contribution in [3.05, 3.63) is 78.4 Å². The third-order valence-electron chi connectivity index (χ3n) is 7.87. The summed E-state index contributed by atoms with van der Waals surface area (Å²) in [6.07, 6.45) is 0.969. The van der Waals surface area contributed by atoms with E-state index in [9.17, 15) is 28.8 Å². The molecule has 0 aliphatic heterocycles. The molecule has 3 atom stereocenters. The number of ketones is 1. The van der Waals surface area contributed by atoms with E-state index >= 15 is 0 Å². The third kappa shape index (κ3) is 20.1. The highest BCUT2D eigenvalue weighted by Gasteiger charge is 2.31. The zero-order chi connectivity index (χ0) is 42.6. The molecule has 2 aromatic rings. The molecule has 0 bridgehead atoms. The minimum atomic E-state index is -1.03. The molecule has 0 fully saturated rings. The topological polar surface area (TPSA) is 200 Å². The van der Waals surface area contributed by atoms with Crippen molar-refractivity contribution in [2.75, 3.05) is 20.3 Å². The van der Waals surface area contributed by atoms with Gasteiger partial charge in [0.25, 0.3) is 0 Å². The van der Waals surface area contributed by atoms with E-state index in [0.29, 0.717) is 25.2 Å². The molecule has 4 N–H and O–H groups in total. The standard InChI is InChI=1S/C42H59N5O10/c1-10-24-55-32-21-19-30(20-22-32)25-33(44-28(2)48)35(49)27-31(36(50)45-34(37(51)54-9)26-29-16-12-11-13-17-29)18-14-15-23-43-38(46-39(52)56-41(3,4)5)47-40(53)57-42(6,7)8/h10-13,16-17,19-22,31,33-34H,1,14-15,18,23-27H2,2-9H3,(H,44,48)(H,45,50)(H2,43,46,47,52,53)/t31-,33+,34+/m1/s1. The van der Waals surface area contributed by atoms with E-state index in [2.05, 4.69) is 32.8 Å². The number of carbonyl (C=O) groups is 6. The molecule has 2 aromatic carbocycles. The van der Waals surface area contributed by atoms with Crippen LogP contribution >= 0.6 is 0 Å². The number of nitrogens with one attached hydrogen (secondary N) is 4. The molecule has 4 amide bonds. The van der Waals surface area contributed by atoms with Gasteiger partial charge in [0, 0.05) is 32.2 Å². The highest BCUT2D eigenvalue weighted by Crippen LogP contribution is 2.19. The number of Topliss-reactive ketones (excluding diaryl/α,β-unsaturated/α-hetero) is 1. The Morgan fingerprint density at radius 1 is 0.772 bits per heavy atom. The van der Waals surface area contributed by atoms with Gasteiger partial charge in [0.2, 0.25) is 17.8 Å². The lowest BCUT2D eigenvalue weighted by atomic mass is 9.90. The maximum absolute atomic E-state index is 13.9. The first kappa shape index (κ1) is 47.4. The van der Waals surface area contributed by atoms with Crippen LogP contribution in [0.2, 0.25) is 0 Å². The number of guanidine groups is 1. The summed E-state index contributed by atoms with van der Waals surface area (Å²) in [4.78, 5) is 82.2. The molecule has 0 aliphatic carbocycles. The zero-order valence-corrected chi connectivity index (χ0v) is 34.4. The highest BCUT2D eigenvalue weighted by molar-refractivity contribution is 6.01. The first-order chi connectivity index (χ1) is 26.8. The number of alkyl carbamates (subject to hydrolysis) is 2. The number of hydrogen-bond acceptors (Lipinski definition) is 11. The Labute approximate surface area is 335 Å². The normalized spacial score (nSPS) is 12.7. The van der Waals surface area contributed by atoms with Crippen molar-refractivity contribution in [2.24, 2.45) is 10.9 Å². The van der Waals surface area contributed by atoms with Crippen molar-refractivity contribution in [3.8, 4) is 5.75 Å². The first-order valence-electron chi connectivity index (χ1n) is 18.9. The molecule has 0 saturated heterocycles. The smallest absolute Gasteiger partial charge is 0.414 e. The van der Waals surface area contributed by atoms with Crippen molar-refractivity contribution >= 4 is 41.7 Å². The summed E-state index contributed by atoms with van der Waals surface area (Å²) >= 11 is 0. The van der Waals surface area contributed by atoms with Gasteiger partial charge in [-0.05, 0) is 84.1 Å². The van der Waals surface area contributed by atoms with Gasteiger partial charge >= 0.3 is 18.2 Å². The number of nitrogens with zero attached hydrogens (tertiary/aromatic N) is 1. The lowest BCUT2D eigenvalue weighted by molar-refractivity contribution is -0.145. The van der Waals surface area contributed by atoms with E-state index in [1.807, 2.05) is 30.3 Å². The number of ether oxygens (including phenoxy) is 4. The minimum absolute atomic E-state index is 0.100. The summed E-state index contributed by atoms with van der Waals surface area (Å²) in [6, 6.07) is 14.2. The number of carbonyl (C=O) groups excluding carboxylic acids is 6. The summed E-state index contributed by atoms with van der Waals surface area (Å²) in [5, 5.41) is 10.4. The first-order valence-corrected chi connectivity index (χ1v) is 18.9. The quantitative estimate of drug-likeness (QED) is 0.0359. The molecule has 0 spiro atoms. The van der Waals surface area contributed by atoms with E-state index in [1.54, 1.807) is 71.9 Å². The average molecular weight is 794 g/mol. The zero-order valence-electron chi connectivity index (χ0n) is 34.4. The van der Waals surface area contributed by atoms with Crippen LogP contribution in [0, 0.1) is 5.92 Å². The lowest BCUT2D eigenvalue weighted by Crippen LogP contribution is -2.47. The monoisotopic (exact) mass is 793 g/mol. The second kappa shape index (κ2) is 23.4. The number of benzene rings is 2. The maximum atomic E-state index is 13.9. The van der Waals surface area contributed by atoms with E-state index in [0.717, 1.165) is 11.1 Å². The SMILES string of the molecule is C=CCOc1ccc(C[C@H](NC(C)=O)C(=O)C[C@@H](CCCCN=C(NC(=O)OC(C)(C)C)NC(=O)OC(C)(C)C)C(=O)N[C@@H](Cc2ccccc2)C(=O)OC)cc1. The molecule has 0 radical (unpaired) electrons. The van der Waals surface area contributed by atoms with Gasteiger partial charge in [0.15, 0.2) is 5.78 Å². The van der Waals surface area contributed by atoms with Gasteiger partial charge in [0.05, 0.1) is 13.2 Å². The van der Waals surface area contributed by atoms with Gasteiger partial charge in [-0.3, -0.25) is 30.0 Å². The number of amides is 4. The number of hydrogen-bond donors (Lipinski definition) is 4. The lowest BCUT2D eigenvalue weighted by Gasteiger charge is -2.23. The van der Waals surface area contributed by atoms with Crippen LogP contribution in [0.5, 0.6) is 5.75 Å². The van der Waals surface area contributed by atoms with Gasteiger partial charge in [-0.1, -0.05) is 61.5 Å². The molecule has 15 heteroatoms. The number of esters is 1. The van der Waals surface area contributed by atoms with Crippen LogP contribution in [0.15, 0.2) is 72.2 Å². The molecule has 0 unspecified atom stereocenters. The Hall–Kier alpha value is -5.73. The van der Waals surface area contributed by atoms with Crippen LogP contribution in [-0.2, 0) is 46.2 Å². The molecule has 2 rings (SSSR count). The Kier molecular flexibility index (Phi) is 19.4. The summed E-state index contributed by atoms with van der Waals surface area (Å²) < 4.78 is 21.1. The van der Waals surface area contributed by atoms with E-state index in [1.165, 1.54) is 14.0 Å². The summed E-state index contributed by atoms with van der Waals surface area (Å²) in [5.41, 5.74) is -0.0739. The Bertz CT molecular complexity index is 1650. The van der Waals surface area contributed by atoms with Gasteiger partial charge in [-0.2, -0.15) is 0 Å². The van der Waals surface area contributed by atoms with Crippen LogP contribution in [0.1, 0.15) is 85.3 Å². The Balaban J connectivity index is 2.31. The van der Waals surface area contributed by atoms with E-state index in [-0.39, 0.29) is 44.0 Å². The van der Waals surface area contributed by atoms with Gasteiger partial charge in [-0.15, -0.1) is 0 Å². The predicted molar refractivity (Wildman–Crippen MR) is 216 cm³/mol. The fourth-order valence-electron chi connectivity index (χ4n) is 5.39. The minimum Gasteiger partial charge on any atom is -0.490 e. The highest BCUT2D eigenvalue weighted by atomic mass is 16.6. The maximum Gasteiger partial charge on any atom is 0.414 e. The number of methoxy groups -OCH3 is 1. The van der Waals surface area contributed by atoms with Gasteiger partial charge in [-0.25, -0.2) is 14.4 Å². The van der Waals surface area contributed by atoms with E-state index < -0.39 is 59.2 Å². The van der Waals surface area contributed by atoms with Crippen molar-refractivity contribution in [1.29, 1.82) is 0 Å². The largest absolute Gasteiger partial charge is 0.490 e. The molecule has 15 nitrogen and oxygen atoms in total. The summed E-state index contributed by atoms with van der Waals surface area (Å²) in [5.74, 6) is -2.46. The van der Waals surface area contributed by atoms with Gasteiger partial charge < -0.3 is 29.6 Å². The van der Waals surface area contributed by atoms with E-state index in [4.69, 9.17) is 18.9 Å². The molecule has 0 saturated carbocycles. The second-order valence-electron chi connectivity index (χ2n) is 15.3. The molecular formula is C42H59N5O10. The average Bonchev–Trinajstić information content (AvgIpc) is 3.11. The van der Waals surface area contributed by atoms with Crippen molar-refractivity contribution < 1.29 is 47.7 Å². The fourth-order valence-corrected chi connectivity index (χ4v) is 5.39. The molecule has 0 aliphatic rings. The number of aliphatic imine (C=N–C) groups is 1. The van der Waals surface area contributed by atoms with Gasteiger partial charge in [0.1, 0.15) is 29.6 Å². The molecule has 0 aromatic heterocycles. The molecule has 0 heterocycles. The van der Waals surface area contributed by atoms with Crippen molar-refractivity contribution in [1.82, 2.24) is 21.3 Å². The second-order valence-corrected chi connectivity index (χ2v) is 15.3. The Morgan fingerprint density at radius 2 is 1.33 bits per heavy atom. The predicted octanol–water partition coefficient (Wildman–Crippen LogP) is 5.35. The van der Waals surface area contributed by atoms with Crippen LogP contribution in [0.3, 0.4) is 0 Å².